The fourth-order valence-corrected chi connectivity index (χ4v) is 6.60. The lowest BCUT2D eigenvalue weighted by Gasteiger charge is -2.21. The number of nitrogens with one attached hydrogen (secondary N) is 2. The van der Waals surface area contributed by atoms with Crippen molar-refractivity contribution in [2.45, 2.75) is 57.8 Å². The molecule has 0 saturated heterocycles. The normalized spacial score (nSPS) is 14.9. The van der Waals surface area contributed by atoms with Crippen molar-refractivity contribution in [1.82, 2.24) is 9.97 Å². The highest BCUT2D eigenvalue weighted by Gasteiger charge is 2.21. The first kappa shape index (κ1) is 24.0. The highest BCUT2D eigenvalue weighted by molar-refractivity contribution is 7.92. The summed E-state index contributed by atoms with van der Waals surface area (Å²) in [6, 6.07) is 7.18. The Balaban J connectivity index is 1.56. The Bertz CT molecular complexity index is 1250. The lowest BCUT2D eigenvalue weighted by Crippen LogP contribution is -2.16. The van der Waals surface area contributed by atoms with Crippen LogP contribution < -0.4 is 10.0 Å². The van der Waals surface area contributed by atoms with Crippen LogP contribution in [0.2, 0.25) is 5.15 Å². The van der Waals surface area contributed by atoms with Crippen LogP contribution in [-0.4, -0.2) is 24.9 Å². The van der Waals surface area contributed by atoms with Gasteiger partial charge in [-0.15, -0.1) is 0 Å². The van der Waals surface area contributed by atoms with Crippen LogP contribution in [-0.2, 0) is 10.0 Å². The molecule has 2 aromatic heterocycles. The maximum Gasteiger partial charge on any atom is 0.262 e. The van der Waals surface area contributed by atoms with E-state index in [2.05, 4.69) is 15.0 Å². The molecule has 2 N–H and O–H groups in total. The van der Waals surface area contributed by atoms with Gasteiger partial charge in [0.15, 0.2) is 5.13 Å². The minimum atomic E-state index is -3.80. The number of sulfonamides is 1. The molecular weight excluding hydrogens is 476 g/mol. The first-order valence-electron chi connectivity index (χ1n) is 11.2. The molecule has 0 atom stereocenters. The van der Waals surface area contributed by atoms with Gasteiger partial charge in [-0.2, -0.15) is 0 Å². The van der Waals surface area contributed by atoms with E-state index >= 15 is 0 Å². The molecule has 0 bridgehead atoms. The molecular formula is C24H29ClN4O2S2. The predicted molar refractivity (Wildman–Crippen MR) is 137 cm³/mol. The van der Waals surface area contributed by atoms with Crippen LogP contribution in [0.25, 0.3) is 10.4 Å². The zero-order valence-corrected chi connectivity index (χ0v) is 21.5. The molecule has 1 aromatic carbocycles. The van der Waals surface area contributed by atoms with Crippen LogP contribution in [0.5, 0.6) is 0 Å². The lowest BCUT2D eigenvalue weighted by molar-refractivity contribution is 0.373. The summed E-state index contributed by atoms with van der Waals surface area (Å²) in [5.74, 6) is 0.708. The van der Waals surface area contributed by atoms with Crippen LogP contribution in [0.4, 0.5) is 10.8 Å². The van der Waals surface area contributed by atoms with Gasteiger partial charge in [-0.3, -0.25) is 4.72 Å². The average Bonchev–Trinajstić information content (AvgIpc) is 3.16. The number of anilines is 2. The van der Waals surface area contributed by atoms with Gasteiger partial charge in [-0.1, -0.05) is 54.3 Å². The Morgan fingerprint density at radius 3 is 2.58 bits per heavy atom. The quantitative estimate of drug-likeness (QED) is 0.355. The number of halogens is 1. The van der Waals surface area contributed by atoms with Crippen LogP contribution >= 0.6 is 22.9 Å². The molecule has 33 heavy (non-hydrogen) atoms. The number of rotatable bonds is 7. The maximum absolute atomic E-state index is 13.2. The van der Waals surface area contributed by atoms with Gasteiger partial charge in [-0.05, 0) is 68.4 Å². The summed E-state index contributed by atoms with van der Waals surface area (Å²) in [5, 5.41) is 4.74. The molecule has 1 saturated carbocycles. The molecule has 1 aliphatic carbocycles. The third kappa shape index (κ3) is 5.67. The molecule has 0 radical (unpaired) electrons. The third-order valence-electron chi connectivity index (χ3n) is 6.07. The average molecular weight is 505 g/mol. The smallest absolute Gasteiger partial charge is 0.262 e. The Labute approximate surface area is 204 Å². The van der Waals surface area contributed by atoms with Crippen molar-refractivity contribution in [3.8, 4) is 10.4 Å². The zero-order valence-electron chi connectivity index (χ0n) is 19.1. The van der Waals surface area contributed by atoms with Crippen LogP contribution in [0.3, 0.4) is 0 Å². The molecule has 3 aromatic rings. The number of hydrogen-bond donors (Lipinski definition) is 2. The molecule has 0 amide bonds. The van der Waals surface area contributed by atoms with Crippen molar-refractivity contribution in [2.75, 3.05) is 16.6 Å². The second-order valence-electron chi connectivity index (χ2n) is 8.74. The van der Waals surface area contributed by atoms with E-state index in [1.54, 1.807) is 37.3 Å². The first-order valence-corrected chi connectivity index (χ1v) is 13.9. The number of pyridine rings is 1. The number of aryl methyl sites for hydroxylation is 3. The number of thiazole rings is 1. The second kappa shape index (κ2) is 9.99. The summed E-state index contributed by atoms with van der Waals surface area (Å²) >= 11 is 7.54. The molecule has 0 aliphatic heterocycles. The predicted octanol–water partition coefficient (Wildman–Crippen LogP) is 6.58. The summed E-state index contributed by atoms with van der Waals surface area (Å²) in [6.07, 6.45) is 7.95. The van der Waals surface area contributed by atoms with Crippen molar-refractivity contribution in [3.63, 3.8) is 0 Å². The molecule has 0 unspecified atom stereocenters. The van der Waals surface area contributed by atoms with Gasteiger partial charge in [0.2, 0.25) is 0 Å². The van der Waals surface area contributed by atoms with Gasteiger partial charge in [0.05, 0.1) is 27.4 Å². The van der Waals surface area contributed by atoms with Gasteiger partial charge in [-0.25, -0.2) is 18.4 Å². The van der Waals surface area contributed by atoms with Crippen molar-refractivity contribution < 1.29 is 8.42 Å². The van der Waals surface area contributed by atoms with Crippen molar-refractivity contribution in [2.24, 2.45) is 5.92 Å². The third-order valence-corrected chi connectivity index (χ3v) is 9.15. The van der Waals surface area contributed by atoms with E-state index in [1.807, 2.05) is 19.1 Å². The van der Waals surface area contributed by atoms with E-state index < -0.39 is 10.0 Å². The Kier molecular flexibility index (Phi) is 7.26. The van der Waals surface area contributed by atoms with Crippen molar-refractivity contribution in [3.05, 3.63) is 52.4 Å². The Morgan fingerprint density at radius 1 is 1.09 bits per heavy atom. The maximum atomic E-state index is 13.2. The molecule has 9 heteroatoms. The topological polar surface area (TPSA) is 84.0 Å². The van der Waals surface area contributed by atoms with Crippen molar-refractivity contribution in [1.29, 1.82) is 0 Å². The van der Waals surface area contributed by atoms with E-state index in [-0.39, 0.29) is 4.90 Å². The molecule has 0 spiro atoms. The van der Waals surface area contributed by atoms with Crippen LogP contribution in [0, 0.1) is 26.7 Å². The monoisotopic (exact) mass is 504 g/mol. The highest BCUT2D eigenvalue weighted by Crippen LogP contribution is 2.35. The van der Waals surface area contributed by atoms with Gasteiger partial charge in [0, 0.05) is 6.54 Å². The van der Waals surface area contributed by atoms with E-state index in [4.69, 9.17) is 16.6 Å². The largest absolute Gasteiger partial charge is 0.361 e. The standard InChI is InChI=1S/C24H29ClN4O2S2/c1-15-9-10-19(12-21(15)33(30,31)29-20-11-16(2)23(25)26-14-20)22-17(3)28-24(32-22)27-13-18-7-5-4-6-8-18/h9-12,14,18,29H,4-8,13H2,1-3H3,(H,27,28). The van der Waals surface area contributed by atoms with E-state index in [9.17, 15) is 8.42 Å². The fourth-order valence-electron chi connectivity index (χ4n) is 4.22. The molecule has 2 heterocycles. The second-order valence-corrected chi connectivity index (χ2v) is 11.7. The SMILES string of the molecule is Cc1ccc(-c2sc(NCC3CCCCC3)nc2C)cc1S(=O)(=O)Nc1cnc(Cl)c(C)c1. The van der Waals surface area contributed by atoms with Crippen LogP contribution in [0.15, 0.2) is 35.4 Å². The van der Waals surface area contributed by atoms with Gasteiger partial charge < -0.3 is 5.32 Å². The van der Waals surface area contributed by atoms with Gasteiger partial charge in [0.1, 0.15) is 5.15 Å². The number of aromatic nitrogens is 2. The van der Waals surface area contributed by atoms with Gasteiger partial charge in [0.25, 0.3) is 10.0 Å². The number of benzene rings is 1. The number of hydrogen-bond acceptors (Lipinski definition) is 6. The molecule has 176 valence electrons. The summed E-state index contributed by atoms with van der Waals surface area (Å²) in [4.78, 5) is 9.93. The van der Waals surface area contributed by atoms with E-state index in [0.29, 0.717) is 27.9 Å². The van der Waals surface area contributed by atoms with Crippen LogP contribution in [0.1, 0.15) is 48.9 Å². The minimum absolute atomic E-state index is 0.233. The summed E-state index contributed by atoms with van der Waals surface area (Å²) < 4.78 is 29.0. The van der Waals surface area contributed by atoms with Crippen molar-refractivity contribution >= 4 is 43.8 Å². The summed E-state index contributed by atoms with van der Waals surface area (Å²) in [7, 11) is -3.80. The first-order chi connectivity index (χ1) is 15.7. The van der Waals surface area contributed by atoms with Gasteiger partial charge >= 0.3 is 0 Å². The molecule has 6 nitrogen and oxygen atoms in total. The Morgan fingerprint density at radius 2 is 1.85 bits per heavy atom. The molecule has 1 fully saturated rings. The minimum Gasteiger partial charge on any atom is -0.361 e. The summed E-state index contributed by atoms with van der Waals surface area (Å²) in [6.45, 7) is 6.48. The number of nitrogens with zero attached hydrogens (tertiary/aromatic N) is 2. The molecule has 1 aliphatic rings. The summed E-state index contributed by atoms with van der Waals surface area (Å²) in [5.41, 5.74) is 3.49. The van der Waals surface area contributed by atoms with E-state index in [0.717, 1.165) is 27.8 Å². The van der Waals surface area contributed by atoms with E-state index in [1.165, 1.54) is 38.3 Å². The fraction of sp³-hybridized carbons (Fsp3) is 0.417. The highest BCUT2D eigenvalue weighted by atomic mass is 35.5. The lowest BCUT2D eigenvalue weighted by atomic mass is 9.89. The Hall–Kier alpha value is -2.16. The molecule has 4 rings (SSSR count). The zero-order chi connectivity index (χ0) is 23.6.